The first kappa shape index (κ1) is 32.8. The van der Waals surface area contributed by atoms with E-state index in [1.807, 2.05) is 0 Å². The number of methoxy groups -OCH3 is 2. The Bertz CT molecular complexity index is 1840. The van der Waals surface area contributed by atoms with Gasteiger partial charge in [-0.25, -0.2) is 9.59 Å². The minimum absolute atomic E-state index is 0.0107. The molecule has 2 heterocycles. The maximum Gasteiger partial charge on any atom is 0.358 e. The Kier molecular flexibility index (Phi) is 7.69. The summed E-state index contributed by atoms with van der Waals surface area (Å²) in [5, 5.41) is 45.5. The number of carbonyl (C=O) groups is 5. The number of fused-ring (bicyclic) bond motifs is 4. The van der Waals surface area contributed by atoms with Crippen LogP contribution in [0.15, 0.2) is 23.8 Å². The number of phenolic OH excluding ortho intramolecular Hbond substituents is 2. The van der Waals surface area contributed by atoms with Crippen LogP contribution < -0.4 is 9.47 Å². The Labute approximate surface area is 273 Å². The third-order valence-electron chi connectivity index (χ3n) is 9.81. The van der Waals surface area contributed by atoms with E-state index < -0.39 is 93.1 Å². The second-order valence-corrected chi connectivity index (χ2v) is 12.6. The molecule has 0 spiro atoms. The second-order valence-electron chi connectivity index (χ2n) is 12.6. The smallest absolute Gasteiger partial charge is 0.358 e. The van der Waals surface area contributed by atoms with Gasteiger partial charge in [0.25, 0.3) is 11.2 Å². The minimum Gasteiger partial charge on any atom is -0.507 e. The van der Waals surface area contributed by atoms with Crippen LogP contribution in [0.5, 0.6) is 23.0 Å². The highest BCUT2D eigenvalue weighted by Crippen LogP contribution is 2.57. The van der Waals surface area contributed by atoms with Crippen molar-refractivity contribution in [2.75, 3.05) is 14.2 Å². The molecule has 6 rings (SSSR count). The number of hydrogen-bond donors (Lipinski definition) is 4. The summed E-state index contributed by atoms with van der Waals surface area (Å²) in [6.45, 7) is 4.21. The van der Waals surface area contributed by atoms with Gasteiger partial charge < -0.3 is 44.1 Å². The lowest BCUT2D eigenvalue weighted by Gasteiger charge is -2.48. The number of aliphatic hydroxyl groups excluding tert-OH is 2. The molecule has 6 atom stereocenters. The normalized spacial score (nSPS) is 28.9. The molecule has 2 aliphatic heterocycles. The Morgan fingerprint density at radius 2 is 1.65 bits per heavy atom. The van der Waals surface area contributed by atoms with E-state index in [1.54, 1.807) is 0 Å². The monoisotopic (exact) mass is 666 g/mol. The van der Waals surface area contributed by atoms with Gasteiger partial charge in [-0.1, -0.05) is 6.92 Å². The fraction of sp³-hybridized carbons (Fsp3) is 0.441. The lowest BCUT2D eigenvalue weighted by molar-refractivity contribution is -0.193. The number of esters is 3. The van der Waals surface area contributed by atoms with Crippen molar-refractivity contribution < 1.29 is 68.1 Å². The van der Waals surface area contributed by atoms with E-state index in [4.69, 9.17) is 23.7 Å². The van der Waals surface area contributed by atoms with Gasteiger partial charge in [0.15, 0.2) is 17.7 Å². The molecule has 4 aliphatic rings. The lowest BCUT2D eigenvalue weighted by atomic mass is 9.67. The number of aryl methyl sites for hydroxylation is 1. The van der Waals surface area contributed by atoms with Crippen LogP contribution in [0, 0.1) is 18.8 Å². The van der Waals surface area contributed by atoms with E-state index in [9.17, 15) is 44.4 Å². The van der Waals surface area contributed by atoms with Crippen molar-refractivity contribution in [2.45, 2.75) is 69.9 Å². The van der Waals surface area contributed by atoms with Crippen molar-refractivity contribution in [3.05, 3.63) is 40.5 Å². The molecule has 0 aromatic heterocycles. The fourth-order valence-corrected chi connectivity index (χ4v) is 7.72. The number of benzene rings is 2. The van der Waals surface area contributed by atoms with Crippen LogP contribution in [-0.4, -0.2) is 87.5 Å². The Morgan fingerprint density at radius 3 is 2.29 bits per heavy atom. The van der Waals surface area contributed by atoms with Crippen LogP contribution in [-0.2, 0) is 33.4 Å². The predicted molar refractivity (Wildman–Crippen MR) is 162 cm³/mol. The molecule has 2 aromatic carbocycles. The molecule has 0 amide bonds. The van der Waals surface area contributed by atoms with Gasteiger partial charge in [0.1, 0.15) is 46.0 Å². The van der Waals surface area contributed by atoms with Gasteiger partial charge in [0, 0.05) is 24.5 Å². The molecule has 0 radical (unpaired) electrons. The van der Waals surface area contributed by atoms with E-state index in [1.165, 1.54) is 32.0 Å². The third kappa shape index (κ3) is 4.24. The predicted octanol–water partition coefficient (Wildman–Crippen LogP) is 2.84. The van der Waals surface area contributed by atoms with Crippen molar-refractivity contribution in [3.63, 3.8) is 0 Å². The number of rotatable bonds is 4. The highest BCUT2D eigenvalue weighted by molar-refractivity contribution is 6.13. The average molecular weight is 667 g/mol. The van der Waals surface area contributed by atoms with Crippen LogP contribution in [0.2, 0.25) is 0 Å². The van der Waals surface area contributed by atoms with E-state index in [0.717, 1.165) is 21.1 Å². The molecule has 254 valence electrons. The minimum atomic E-state index is -2.42. The van der Waals surface area contributed by atoms with Gasteiger partial charge >= 0.3 is 17.9 Å². The summed E-state index contributed by atoms with van der Waals surface area (Å²) in [6.07, 6.45) is -2.40. The van der Waals surface area contributed by atoms with Gasteiger partial charge in [-0.2, -0.15) is 0 Å². The van der Waals surface area contributed by atoms with Crippen LogP contribution in [0.4, 0.5) is 0 Å². The first-order chi connectivity index (χ1) is 22.7. The number of Topliss-reactive ketones (excluding diaryl/α,β-unsaturated/α-hetero) is 2. The van der Waals surface area contributed by atoms with Gasteiger partial charge in [0.05, 0.1) is 25.7 Å². The highest BCUT2D eigenvalue weighted by atomic mass is 16.6. The van der Waals surface area contributed by atoms with E-state index >= 15 is 0 Å². The van der Waals surface area contributed by atoms with Crippen molar-refractivity contribution >= 4 is 35.2 Å². The first-order valence-corrected chi connectivity index (χ1v) is 15.3. The van der Waals surface area contributed by atoms with Crippen LogP contribution in [0.25, 0.3) is 16.9 Å². The van der Waals surface area contributed by atoms with Gasteiger partial charge in [0.2, 0.25) is 0 Å². The molecule has 0 unspecified atom stereocenters. The quantitative estimate of drug-likeness (QED) is 0.273. The standard InChI is InChI=1S/C34H34O14/c1-13-11-18(36)23-27(39)17-7-6-8-21(46-15(3)35)33(17,31(42)44-4)48-29(23)22(13)16-9-10-20-24(26(16)38)28(40)25-19(37)12-14(2)30(41)34(25,47-20)32(43)45-5/h9-11,14,17,21,30,36,38,40-41H,6-8,12H2,1-5H3/t14-,17+,21-,30-,33+,34+/m0/s1. The molecule has 2 aromatic rings. The van der Waals surface area contributed by atoms with Gasteiger partial charge in [-0.05, 0) is 55.9 Å². The summed E-state index contributed by atoms with van der Waals surface area (Å²) >= 11 is 0. The molecule has 2 saturated carbocycles. The van der Waals surface area contributed by atoms with E-state index in [2.05, 4.69) is 0 Å². The van der Waals surface area contributed by atoms with E-state index in [-0.39, 0.29) is 53.0 Å². The van der Waals surface area contributed by atoms with Crippen molar-refractivity contribution in [1.82, 2.24) is 0 Å². The number of hydrogen-bond acceptors (Lipinski definition) is 14. The number of ketones is 2. The van der Waals surface area contributed by atoms with Crippen molar-refractivity contribution in [2.24, 2.45) is 11.8 Å². The largest absolute Gasteiger partial charge is 0.507 e. The molecule has 2 fully saturated rings. The van der Waals surface area contributed by atoms with Gasteiger partial charge in [-0.15, -0.1) is 0 Å². The zero-order chi connectivity index (χ0) is 35.0. The Morgan fingerprint density at radius 1 is 0.958 bits per heavy atom. The molecule has 48 heavy (non-hydrogen) atoms. The number of ether oxygens (including phenoxy) is 5. The number of aliphatic hydroxyl groups is 2. The molecule has 4 N–H and O–H groups in total. The first-order valence-electron chi connectivity index (χ1n) is 15.3. The molecular weight excluding hydrogens is 632 g/mol. The number of aromatic hydroxyl groups is 2. The summed E-state index contributed by atoms with van der Waals surface area (Å²) in [6, 6.07) is 3.85. The zero-order valence-corrected chi connectivity index (χ0v) is 26.7. The zero-order valence-electron chi connectivity index (χ0n) is 26.7. The summed E-state index contributed by atoms with van der Waals surface area (Å²) < 4.78 is 27.9. The van der Waals surface area contributed by atoms with Gasteiger partial charge in [-0.3, -0.25) is 14.4 Å². The van der Waals surface area contributed by atoms with Crippen molar-refractivity contribution in [3.8, 4) is 34.1 Å². The van der Waals surface area contributed by atoms with E-state index in [0.29, 0.717) is 6.42 Å². The molecule has 2 aliphatic carbocycles. The van der Waals surface area contributed by atoms with Crippen molar-refractivity contribution in [1.29, 1.82) is 0 Å². The third-order valence-corrected chi connectivity index (χ3v) is 9.81. The maximum atomic E-state index is 14.1. The van der Waals surface area contributed by atoms with Crippen LogP contribution in [0.1, 0.15) is 61.0 Å². The number of carbonyl (C=O) groups excluding carboxylic acids is 5. The summed E-state index contributed by atoms with van der Waals surface area (Å²) in [5.74, 6) is -8.80. The number of phenols is 2. The SMILES string of the molecule is COC(=O)[C@@]12Oc3ccc(-c4c(C)cc(O)c5c4O[C@@]4(C(=O)OC)[C@@H](OC(C)=O)CCC[C@@H]4C5=O)c(O)c3C(O)=C1C(=O)C[C@H](C)[C@@H]2O. The molecule has 14 heteroatoms. The Hall–Kier alpha value is -5.11. The average Bonchev–Trinajstić information content (AvgIpc) is 3.03. The Balaban J connectivity index is 1.61. The highest BCUT2D eigenvalue weighted by Gasteiger charge is 2.65. The topological polar surface area (TPSA) is 212 Å². The van der Waals surface area contributed by atoms with Crippen LogP contribution >= 0.6 is 0 Å². The molecular formula is C34H34O14. The van der Waals surface area contributed by atoms with Crippen LogP contribution in [0.3, 0.4) is 0 Å². The lowest BCUT2D eigenvalue weighted by Crippen LogP contribution is -2.66. The maximum absolute atomic E-state index is 14.1. The second kappa shape index (κ2) is 11.3. The molecule has 0 bridgehead atoms. The summed E-state index contributed by atoms with van der Waals surface area (Å²) in [4.78, 5) is 66.3. The molecule has 14 nitrogen and oxygen atoms in total. The summed E-state index contributed by atoms with van der Waals surface area (Å²) in [7, 11) is 2.12. The summed E-state index contributed by atoms with van der Waals surface area (Å²) in [5.41, 5.74) is -5.69. The fourth-order valence-electron chi connectivity index (χ4n) is 7.72. The molecule has 0 saturated heterocycles.